The van der Waals surface area contributed by atoms with Crippen molar-refractivity contribution in [2.24, 2.45) is 15.9 Å². The molecule has 2 N–H and O–H groups in total. The molecular formula is C32H37FN4O. The molecule has 1 fully saturated rings. The van der Waals surface area contributed by atoms with Crippen LogP contribution < -0.4 is 10.9 Å². The average Bonchev–Trinajstić information content (AvgIpc) is 3.46. The van der Waals surface area contributed by atoms with Crippen LogP contribution in [0.15, 0.2) is 99.7 Å². The van der Waals surface area contributed by atoms with Gasteiger partial charge in [0.25, 0.3) is 0 Å². The Morgan fingerprint density at radius 3 is 2.68 bits per heavy atom. The summed E-state index contributed by atoms with van der Waals surface area (Å²) >= 11 is 0. The minimum Gasteiger partial charge on any atom is -0.349 e. The zero-order valence-corrected chi connectivity index (χ0v) is 22.4. The number of fused-ring (bicyclic) bond motifs is 1. The van der Waals surface area contributed by atoms with Crippen molar-refractivity contribution < 1.29 is 7.24 Å². The molecule has 1 aliphatic carbocycles. The Morgan fingerprint density at radius 2 is 1.97 bits per heavy atom. The molecule has 6 heteroatoms. The summed E-state index contributed by atoms with van der Waals surface area (Å²) < 4.78 is 13.4. The van der Waals surface area contributed by atoms with Crippen molar-refractivity contribution in [1.29, 1.82) is 0 Å². The van der Waals surface area contributed by atoms with Crippen molar-refractivity contribution in [2.75, 3.05) is 5.32 Å². The first-order valence-corrected chi connectivity index (χ1v) is 12.9. The van der Waals surface area contributed by atoms with Crippen LogP contribution in [-0.4, -0.2) is 22.6 Å². The van der Waals surface area contributed by atoms with Gasteiger partial charge in [0.05, 0.1) is 17.1 Å². The predicted octanol–water partition coefficient (Wildman–Crippen LogP) is 8.00. The number of halogens is 1. The number of anilines is 1. The number of H-pyrrole nitrogens is 1. The highest BCUT2D eigenvalue weighted by Crippen LogP contribution is 2.36. The number of benzene rings is 2. The molecule has 2 heterocycles. The van der Waals surface area contributed by atoms with E-state index in [4.69, 9.17) is 0 Å². The molecule has 1 saturated carbocycles. The molecule has 3 aromatic rings. The van der Waals surface area contributed by atoms with Gasteiger partial charge in [-0.25, -0.2) is 4.39 Å². The van der Waals surface area contributed by atoms with Crippen LogP contribution in [0.1, 0.15) is 53.2 Å². The molecule has 0 spiro atoms. The van der Waals surface area contributed by atoms with Gasteiger partial charge < -0.3 is 10.3 Å². The first-order valence-electron chi connectivity index (χ1n) is 12.9. The van der Waals surface area contributed by atoms with Gasteiger partial charge in [-0.05, 0) is 61.0 Å². The van der Waals surface area contributed by atoms with Gasteiger partial charge in [0, 0.05) is 55.5 Å². The number of nitrogens with one attached hydrogen (secondary N) is 2. The molecule has 198 valence electrons. The molecular weight excluding hydrogens is 475 g/mol. The van der Waals surface area contributed by atoms with E-state index in [1.165, 1.54) is 6.07 Å². The topological polar surface area (TPSA) is 69.6 Å². The lowest BCUT2D eigenvalue weighted by Crippen LogP contribution is -2.06. The Balaban J connectivity index is 0.00000137. The summed E-state index contributed by atoms with van der Waals surface area (Å²) in [5.41, 5.74) is 11.6. The van der Waals surface area contributed by atoms with Crippen molar-refractivity contribution in [3.05, 3.63) is 112 Å². The number of pyridine rings is 1. The van der Waals surface area contributed by atoms with Crippen LogP contribution in [0.2, 0.25) is 0 Å². The highest BCUT2D eigenvalue weighted by Gasteiger charge is 2.39. The number of aliphatic imine (C=N–C) groups is 2. The van der Waals surface area contributed by atoms with Crippen LogP contribution in [0.4, 0.5) is 10.1 Å². The van der Waals surface area contributed by atoms with E-state index in [2.05, 4.69) is 39.2 Å². The average molecular weight is 513 g/mol. The molecule has 1 aliphatic heterocycles. The molecule has 0 saturated heterocycles. The van der Waals surface area contributed by atoms with Crippen LogP contribution in [0.3, 0.4) is 0 Å². The summed E-state index contributed by atoms with van der Waals surface area (Å²) in [5.74, 6) is -0.0755. The number of rotatable bonds is 7. The molecule has 38 heavy (non-hydrogen) atoms. The van der Waals surface area contributed by atoms with Gasteiger partial charge in [-0.3, -0.25) is 14.8 Å². The van der Waals surface area contributed by atoms with E-state index < -0.39 is 6.17 Å². The van der Waals surface area contributed by atoms with Gasteiger partial charge in [-0.1, -0.05) is 45.2 Å². The fourth-order valence-electron chi connectivity index (χ4n) is 4.36. The van der Waals surface area contributed by atoms with E-state index in [1.54, 1.807) is 0 Å². The maximum atomic E-state index is 13.4. The summed E-state index contributed by atoms with van der Waals surface area (Å²) in [6, 6.07) is 15.2. The Bertz CT molecular complexity index is 1610. The molecule has 2 aromatic carbocycles. The Kier molecular flexibility index (Phi) is 8.04. The zero-order valence-electron chi connectivity index (χ0n) is 22.4. The van der Waals surface area contributed by atoms with Crippen LogP contribution in [0, 0.1) is 12.8 Å². The van der Waals surface area contributed by atoms with Crippen LogP contribution in [-0.2, 0) is 0 Å². The quantitative estimate of drug-likeness (QED) is 0.249. The number of aromatic amines is 1. The second-order valence-corrected chi connectivity index (χ2v) is 9.30. The van der Waals surface area contributed by atoms with E-state index in [0.717, 1.165) is 56.0 Å². The predicted molar refractivity (Wildman–Crippen MR) is 162 cm³/mol. The van der Waals surface area contributed by atoms with E-state index in [0.29, 0.717) is 18.5 Å². The number of aryl methyl sites for hydroxylation is 1. The van der Waals surface area contributed by atoms with E-state index in [9.17, 15) is 9.18 Å². The summed E-state index contributed by atoms with van der Waals surface area (Å²) in [6.07, 6.45) is 2.24. The molecule has 0 bridgehead atoms. The van der Waals surface area contributed by atoms with Gasteiger partial charge in [-0.15, -0.1) is 5.73 Å². The second kappa shape index (κ2) is 11.4. The normalized spacial score (nSPS) is 18.1. The lowest BCUT2D eigenvalue weighted by atomic mass is 10.0. The van der Waals surface area contributed by atoms with Crippen LogP contribution >= 0.6 is 0 Å². The Morgan fingerprint density at radius 1 is 1.21 bits per heavy atom. The van der Waals surface area contributed by atoms with E-state index >= 15 is 0 Å². The van der Waals surface area contributed by atoms with Crippen molar-refractivity contribution in [3.8, 4) is 0 Å². The largest absolute Gasteiger partial charge is 0.349 e. The fourth-order valence-corrected chi connectivity index (χ4v) is 4.36. The third-order valence-corrected chi connectivity index (χ3v) is 6.68. The van der Waals surface area contributed by atoms with Crippen molar-refractivity contribution >= 4 is 33.7 Å². The Labute approximate surface area is 225 Å². The van der Waals surface area contributed by atoms with Gasteiger partial charge in [0.15, 0.2) is 0 Å². The number of hydrogen-bond acceptors (Lipinski definition) is 4. The van der Waals surface area contributed by atoms with Crippen molar-refractivity contribution in [3.63, 3.8) is 0 Å². The summed E-state index contributed by atoms with van der Waals surface area (Å²) in [7, 11) is 0. The Hall–Kier alpha value is -4.28. The van der Waals surface area contributed by atoms with E-state index in [1.807, 2.05) is 76.4 Å². The zero-order chi connectivity index (χ0) is 27.4. The molecule has 0 unspecified atom stereocenters. The molecule has 1 aromatic heterocycles. The minimum absolute atomic E-state index is 0. The number of hydrogen-bond donors (Lipinski definition) is 2. The molecule has 5 rings (SSSR count). The highest BCUT2D eigenvalue weighted by atomic mass is 19.1. The SMILES string of the molecule is C=C=C(Nc1cc(C(=C)N=C(C)[C@H]2C[C@@H]2F)ccc1C)C1=CN=C(c2ccc3[nH]c(=O)ccc3c2)C1.CC.[HH].[HH]. The number of allylic oxidation sites excluding steroid dienone is 1. The number of nitrogens with zero attached hydrogens (tertiary/aromatic N) is 2. The smallest absolute Gasteiger partial charge is 0.248 e. The van der Waals surface area contributed by atoms with Gasteiger partial charge in [0.2, 0.25) is 5.56 Å². The van der Waals surface area contributed by atoms with Crippen LogP contribution in [0.25, 0.3) is 16.6 Å². The second-order valence-electron chi connectivity index (χ2n) is 9.30. The van der Waals surface area contributed by atoms with Crippen LogP contribution in [0.5, 0.6) is 0 Å². The first kappa shape index (κ1) is 26.8. The number of aromatic nitrogens is 1. The molecule has 0 amide bonds. The fraction of sp³-hybridized carbons (Fsp3) is 0.250. The maximum absolute atomic E-state index is 13.4. The maximum Gasteiger partial charge on any atom is 0.248 e. The number of alkyl halides is 1. The van der Waals surface area contributed by atoms with Gasteiger partial charge >= 0.3 is 0 Å². The molecule has 0 radical (unpaired) electrons. The standard InChI is InChI=1S/C30H27FN4O.C2H6.2H2/c1-5-26(23-14-29(32-16-23)22-8-10-27-21(12-22)9-11-30(36)35-27)34-28-13-20(7-6-17(28)2)18(3)33-19(4)24-15-25(24)31;1-2;;/h6-13,16,24-25,34H,1,3,14-15H2,2,4H3,(H,35,36);1-2H3;2*1H/t24-,25+;;;/m1.../s1. The van der Waals surface area contributed by atoms with Gasteiger partial charge in [0.1, 0.15) is 6.17 Å². The monoisotopic (exact) mass is 512 g/mol. The highest BCUT2D eigenvalue weighted by molar-refractivity contribution is 6.06. The van der Waals surface area contributed by atoms with E-state index in [-0.39, 0.29) is 14.3 Å². The third-order valence-electron chi connectivity index (χ3n) is 6.68. The van der Waals surface area contributed by atoms with Gasteiger partial charge in [-0.2, -0.15) is 0 Å². The lowest BCUT2D eigenvalue weighted by Gasteiger charge is -2.14. The third kappa shape index (κ3) is 5.82. The minimum atomic E-state index is -0.775. The summed E-state index contributed by atoms with van der Waals surface area (Å²) in [5, 5.41) is 4.40. The van der Waals surface area contributed by atoms with Crippen molar-refractivity contribution in [2.45, 2.75) is 46.7 Å². The molecule has 2 atom stereocenters. The van der Waals surface area contributed by atoms with Crippen molar-refractivity contribution in [1.82, 2.24) is 4.98 Å². The first-order chi connectivity index (χ1) is 18.3. The summed E-state index contributed by atoms with van der Waals surface area (Å²) in [4.78, 5) is 23.6. The molecule has 2 aliphatic rings. The summed E-state index contributed by atoms with van der Waals surface area (Å²) in [6.45, 7) is 15.9. The molecule has 5 nitrogen and oxygen atoms in total. The lowest BCUT2D eigenvalue weighted by molar-refractivity contribution is 0.467.